The van der Waals surface area contributed by atoms with Crippen molar-refractivity contribution >= 4 is 23.9 Å². The molecule has 1 aliphatic heterocycles. The second kappa shape index (κ2) is 55.4. The first kappa shape index (κ1) is 73.9. The van der Waals surface area contributed by atoms with Gasteiger partial charge in [-0.2, -0.15) is 0 Å². The lowest BCUT2D eigenvalue weighted by atomic mass is 9.98. The number of carbonyl (C=O) groups excluding carboxylic acids is 3. The Morgan fingerprint density at radius 1 is 0.420 bits per heavy atom. The van der Waals surface area contributed by atoms with Crippen LogP contribution in [0.2, 0.25) is 0 Å². The van der Waals surface area contributed by atoms with Crippen molar-refractivity contribution in [1.29, 1.82) is 0 Å². The fourth-order valence-corrected chi connectivity index (χ4v) is 8.48. The highest BCUT2D eigenvalue weighted by Crippen LogP contribution is 2.26. The van der Waals surface area contributed by atoms with Gasteiger partial charge >= 0.3 is 23.9 Å². The molecule has 1 saturated heterocycles. The van der Waals surface area contributed by atoms with Crippen LogP contribution in [-0.4, -0.2) is 89.2 Å². The van der Waals surface area contributed by atoms with E-state index < -0.39 is 67.3 Å². The van der Waals surface area contributed by atoms with E-state index in [4.69, 9.17) is 23.7 Å². The van der Waals surface area contributed by atoms with Crippen molar-refractivity contribution in [3.05, 3.63) is 134 Å². The van der Waals surface area contributed by atoms with Crippen LogP contribution in [0.3, 0.4) is 0 Å². The van der Waals surface area contributed by atoms with Crippen LogP contribution in [-0.2, 0) is 42.9 Å². The second-order valence-electron chi connectivity index (χ2n) is 20.6. The largest absolute Gasteiger partial charge is 0.479 e. The van der Waals surface area contributed by atoms with Crippen molar-refractivity contribution in [3.8, 4) is 0 Å². The Bertz CT molecular complexity index is 1920. The van der Waals surface area contributed by atoms with Crippen molar-refractivity contribution in [3.63, 3.8) is 0 Å². The Kier molecular flexibility index (Phi) is 50.5. The van der Waals surface area contributed by atoms with E-state index in [1.165, 1.54) is 25.7 Å². The predicted molar refractivity (Wildman–Crippen MR) is 330 cm³/mol. The van der Waals surface area contributed by atoms with E-state index in [0.717, 1.165) is 135 Å². The van der Waals surface area contributed by atoms with Gasteiger partial charge in [-0.1, -0.05) is 212 Å². The number of aliphatic hydroxyl groups is 2. The van der Waals surface area contributed by atoms with Crippen LogP contribution in [0.5, 0.6) is 0 Å². The number of allylic oxidation sites excluding steroid dienone is 22. The second-order valence-corrected chi connectivity index (χ2v) is 20.6. The molecule has 6 unspecified atom stereocenters. The van der Waals surface area contributed by atoms with Gasteiger partial charge in [0.1, 0.15) is 18.8 Å². The third-order valence-electron chi connectivity index (χ3n) is 13.2. The van der Waals surface area contributed by atoms with E-state index in [1.54, 1.807) is 0 Å². The summed E-state index contributed by atoms with van der Waals surface area (Å²) in [7, 11) is 0. The number of hydrogen-bond donors (Lipinski definition) is 3. The maximum Gasteiger partial charge on any atom is 0.335 e. The monoisotopic (exact) mass is 1130 g/mol. The lowest BCUT2D eigenvalue weighted by Gasteiger charge is -2.40. The van der Waals surface area contributed by atoms with Crippen LogP contribution >= 0.6 is 0 Å². The van der Waals surface area contributed by atoms with Crippen LogP contribution in [0, 0.1) is 0 Å². The van der Waals surface area contributed by atoms with Crippen molar-refractivity contribution in [2.45, 2.75) is 263 Å². The molecule has 1 rings (SSSR count). The van der Waals surface area contributed by atoms with E-state index in [2.05, 4.69) is 142 Å². The Morgan fingerprint density at radius 2 is 0.790 bits per heavy atom. The minimum Gasteiger partial charge on any atom is -0.479 e. The summed E-state index contributed by atoms with van der Waals surface area (Å²) >= 11 is 0. The van der Waals surface area contributed by atoms with E-state index >= 15 is 0 Å². The van der Waals surface area contributed by atoms with Gasteiger partial charge in [0.2, 0.25) is 0 Å². The quantitative estimate of drug-likeness (QED) is 0.0228. The number of hydrogen-bond acceptors (Lipinski definition) is 11. The Labute approximate surface area is 490 Å². The lowest BCUT2D eigenvalue weighted by Crippen LogP contribution is -2.61. The highest BCUT2D eigenvalue weighted by Gasteiger charge is 2.50. The van der Waals surface area contributed by atoms with Crippen molar-refractivity contribution in [2.24, 2.45) is 0 Å². The summed E-state index contributed by atoms with van der Waals surface area (Å²) in [5.74, 6) is -3.25. The maximum atomic E-state index is 13.2. The summed E-state index contributed by atoms with van der Waals surface area (Å²) in [6.45, 7) is 5.69. The molecule has 0 aromatic rings. The molecule has 456 valence electrons. The molecule has 0 aromatic carbocycles. The fraction of sp³-hybridized carbons (Fsp3) is 0.623. The number of esters is 3. The van der Waals surface area contributed by atoms with Gasteiger partial charge in [0.05, 0.1) is 6.61 Å². The summed E-state index contributed by atoms with van der Waals surface area (Å²) in [5, 5.41) is 31.5. The van der Waals surface area contributed by atoms with Gasteiger partial charge in [-0.15, -0.1) is 0 Å². The molecule has 0 saturated carbocycles. The SMILES string of the molecule is CC/C=C\C/C=C\C/C=C\C/C=C\C/C=C\CCCC(=O)OC1C(OCC(COC(=O)CCCCCCCC/C=C\C/C=C\C/C=C\CCCCC)OC(=O)CCCCCCC/C=C\C/C=C\C/C=C\CC)OC(C(=O)O)C(O)C1O. The van der Waals surface area contributed by atoms with Crippen LogP contribution in [0.25, 0.3) is 0 Å². The number of carbonyl (C=O) groups is 4. The number of unbranched alkanes of at least 4 members (excludes halogenated alkanes) is 15. The summed E-state index contributed by atoms with van der Waals surface area (Å²) in [5.41, 5.74) is 0. The average Bonchev–Trinajstić information content (AvgIpc) is 3.53. The molecule has 0 bridgehead atoms. The van der Waals surface area contributed by atoms with E-state index in [1.807, 2.05) is 12.2 Å². The van der Waals surface area contributed by atoms with Gasteiger partial charge in [0, 0.05) is 19.3 Å². The molecule has 12 heteroatoms. The molecule has 81 heavy (non-hydrogen) atoms. The molecule has 1 heterocycles. The third-order valence-corrected chi connectivity index (χ3v) is 13.2. The molecule has 0 radical (unpaired) electrons. The molecule has 0 amide bonds. The Hall–Kier alpha value is -5.14. The van der Waals surface area contributed by atoms with Crippen LogP contribution in [0.4, 0.5) is 0 Å². The zero-order valence-corrected chi connectivity index (χ0v) is 50.2. The molecule has 12 nitrogen and oxygen atoms in total. The van der Waals surface area contributed by atoms with Gasteiger partial charge in [0.15, 0.2) is 24.6 Å². The summed E-state index contributed by atoms with van der Waals surface area (Å²) < 4.78 is 28.4. The molecule has 3 N–H and O–H groups in total. The minimum atomic E-state index is -1.93. The first-order valence-electron chi connectivity index (χ1n) is 31.2. The van der Waals surface area contributed by atoms with Crippen LogP contribution < -0.4 is 0 Å². The third kappa shape index (κ3) is 45.1. The van der Waals surface area contributed by atoms with Gasteiger partial charge in [-0.25, -0.2) is 4.79 Å². The summed E-state index contributed by atoms with van der Waals surface area (Å²) in [6.07, 6.45) is 65.6. The molecular weight excluding hydrogens is 1020 g/mol. The topological polar surface area (TPSA) is 175 Å². The first-order valence-corrected chi connectivity index (χ1v) is 31.2. The van der Waals surface area contributed by atoms with Crippen molar-refractivity contribution < 1.29 is 58.2 Å². The lowest BCUT2D eigenvalue weighted by molar-refractivity contribution is -0.301. The number of carboxylic acid groups (broad SMARTS) is 1. The highest BCUT2D eigenvalue weighted by molar-refractivity contribution is 5.74. The van der Waals surface area contributed by atoms with Crippen LogP contribution in [0.1, 0.15) is 226 Å². The predicted octanol–water partition coefficient (Wildman–Crippen LogP) is 16.6. The highest BCUT2D eigenvalue weighted by atomic mass is 16.7. The normalized spacial score (nSPS) is 18.7. The Morgan fingerprint density at radius 3 is 1.22 bits per heavy atom. The summed E-state index contributed by atoms with van der Waals surface area (Å²) in [4.78, 5) is 51.2. The van der Waals surface area contributed by atoms with E-state index in [9.17, 15) is 34.5 Å². The zero-order chi connectivity index (χ0) is 58.9. The maximum absolute atomic E-state index is 13.2. The van der Waals surface area contributed by atoms with Crippen LogP contribution in [0.15, 0.2) is 134 Å². The molecule has 6 atom stereocenters. The zero-order valence-electron chi connectivity index (χ0n) is 50.2. The van der Waals surface area contributed by atoms with E-state index in [-0.39, 0.29) is 25.9 Å². The molecule has 1 aliphatic rings. The molecule has 0 aliphatic carbocycles. The van der Waals surface area contributed by atoms with Gasteiger partial charge in [-0.3, -0.25) is 14.4 Å². The molecule has 0 spiro atoms. The minimum absolute atomic E-state index is 0.0285. The number of aliphatic hydroxyl groups excluding tert-OH is 2. The number of carboxylic acids is 1. The molecular formula is C69H108O12. The van der Waals surface area contributed by atoms with Crippen molar-refractivity contribution in [1.82, 2.24) is 0 Å². The van der Waals surface area contributed by atoms with Gasteiger partial charge in [0.25, 0.3) is 0 Å². The number of ether oxygens (including phenoxy) is 5. The first-order chi connectivity index (χ1) is 39.6. The number of aliphatic carboxylic acids is 1. The summed E-state index contributed by atoms with van der Waals surface area (Å²) in [6, 6.07) is 0. The molecule has 0 aromatic heterocycles. The van der Waals surface area contributed by atoms with Gasteiger partial charge < -0.3 is 39.0 Å². The standard InChI is InChI=1S/C69H108O12/c1-4-7-10-13-16-19-22-25-28-30-31-33-35-37-40-43-46-49-52-55-61(70)77-58-60(79-62(71)56-53-50-47-44-41-38-34-27-24-21-18-15-12-9-6-3)59-78-69-67(65(74)64(73)66(81-69)68(75)76)80-63(72)57-54-51-48-45-42-39-36-32-29-26-23-20-17-14-11-8-5-2/h8-9,11-12,16-21,25-29,31,33-34,36,39,45,48,60,64-67,69,73-74H,4-7,10,13-15,22-24,30,32,35,37-38,40-44,46-47,49-59H2,1-3H3,(H,75,76)/b11-8-,12-9-,19-16-,20-17-,21-18-,28-25-,29-26-,33-31-,34-27-,39-36-,48-45-. The average molecular weight is 1130 g/mol. The fourth-order valence-electron chi connectivity index (χ4n) is 8.48. The van der Waals surface area contributed by atoms with Gasteiger partial charge in [-0.05, 0) is 128 Å². The number of rotatable bonds is 51. The van der Waals surface area contributed by atoms with E-state index in [0.29, 0.717) is 25.7 Å². The smallest absolute Gasteiger partial charge is 0.335 e. The van der Waals surface area contributed by atoms with Crippen molar-refractivity contribution in [2.75, 3.05) is 13.2 Å². The Balaban J connectivity index is 2.73. The molecule has 1 fully saturated rings.